The van der Waals surface area contributed by atoms with Gasteiger partial charge in [0.15, 0.2) is 0 Å². The Balaban J connectivity index is 1.79. The molecule has 0 saturated carbocycles. The van der Waals surface area contributed by atoms with Gasteiger partial charge in [0, 0.05) is 32.7 Å². The van der Waals surface area contributed by atoms with E-state index >= 15 is 0 Å². The van der Waals surface area contributed by atoms with Gasteiger partial charge >= 0.3 is 6.03 Å². The van der Waals surface area contributed by atoms with Gasteiger partial charge in [-0.1, -0.05) is 30.3 Å². The van der Waals surface area contributed by atoms with E-state index in [2.05, 4.69) is 27.7 Å². The van der Waals surface area contributed by atoms with E-state index in [0.29, 0.717) is 6.54 Å². The van der Waals surface area contributed by atoms with Crippen molar-refractivity contribution in [2.24, 2.45) is 0 Å². The van der Waals surface area contributed by atoms with E-state index < -0.39 is 6.04 Å². The van der Waals surface area contributed by atoms with E-state index in [0.717, 1.165) is 32.5 Å². The molecule has 6 heteroatoms. The minimum atomic E-state index is -0.519. The highest BCUT2D eigenvalue weighted by molar-refractivity contribution is 5.86. The average Bonchev–Trinajstić information content (AvgIpc) is 2.61. The molecule has 6 nitrogen and oxygen atoms in total. The second-order valence-corrected chi connectivity index (χ2v) is 6.75. The van der Waals surface area contributed by atoms with Crippen molar-refractivity contribution in [1.82, 2.24) is 20.4 Å². The summed E-state index contributed by atoms with van der Waals surface area (Å²) in [6.07, 6.45) is 2.03. The molecule has 1 aromatic rings. The van der Waals surface area contributed by atoms with Crippen molar-refractivity contribution in [3.63, 3.8) is 0 Å². The lowest BCUT2D eigenvalue weighted by atomic mass is 10.0. The van der Waals surface area contributed by atoms with E-state index in [1.165, 1.54) is 5.56 Å². The number of nitrogens with zero attached hydrogens (tertiary/aromatic N) is 2. The van der Waals surface area contributed by atoms with Crippen molar-refractivity contribution < 1.29 is 9.59 Å². The number of urea groups is 1. The summed E-state index contributed by atoms with van der Waals surface area (Å²) in [6, 6.07) is 9.70. The molecule has 2 atom stereocenters. The number of benzene rings is 1. The third-order valence-electron chi connectivity index (χ3n) is 4.66. The van der Waals surface area contributed by atoms with E-state index in [-0.39, 0.29) is 18.0 Å². The van der Waals surface area contributed by atoms with Crippen molar-refractivity contribution >= 4 is 11.9 Å². The lowest BCUT2D eigenvalue weighted by Crippen LogP contribution is -2.54. The van der Waals surface area contributed by atoms with Crippen LogP contribution in [0.25, 0.3) is 0 Å². The Hall–Kier alpha value is -2.08. The highest BCUT2D eigenvalue weighted by atomic mass is 16.2. The Bertz CT molecular complexity index is 564. The number of hydrogen-bond donors (Lipinski definition) is 2. The molecule has 0 aliphatic carbocycles. The number of hydrogen-bond acceptors (Lipinski definition) is 3. The molecule has 0 bridgehead atoms. The maximum atomic E-state index is 12.2. The zero-order chi connectivity index (χ0) is 18.2. The molecule has 3 amide bonds. The van der Waals surface area contributed by atoms with Crippen molar-refractivity contribution in [2.45, 2.75) is 45.3 Å². The van der Waals surface area contributed by atoms with E-state index in [1.54, 1.807) is 18.9 Å². The van der Waals surface area contributed by atoms with Crippen LogP contribution in [-0.2, 0) is 11.3 Å². The lowest BCUT2D eigenvalue weighted by Gasteiger charge is -2.33. The van der Waals surface area contributed by atoms with Gasteiger partial charge in [-0.05, 0) is 38.8 Å². The Morgan fingerprint density at radius 1 is 1.32 bits per heavy atom. The zero-order valence-electron chi connectivity index (χ0n) is 15.5. The van der Waals surface area contributed by atoms with Gasteiger partial charge in [-0.15, -0.1) is 0 Å². The molecule has 1 aromatic carbocycles. The van der Waals surface area contributed by atoms with Crippen LogP contribution in [0, 0.1) is 0 Å². The number of nitrogens with one attached hydrogen (secondary N) is 2. The molecule has 1 fully saturated rings. The molecular weight excluding hydrogens is 316 g/mol. The maximum Gasteiger partial charge on any atom is 0.315 e. The molecule has 138 valence electrons. The van der Waals surface area contributed by atoms with Gasteiger partial charge in [-0.3, -0.25) is 9.69 Å². The summed E-state index contributed by atoms with van der Waals surface area (Å²) in [5, 5.41) is 5.76. The molecule has 1 saturated heterocycles. The van der Waals surface area contributed by atoms with Crippen LogP contribution in [0.2, 0.25) is 0 Å². The summed E-state index contributed by atoms with van der Waals surface area (Å²) in [4.78, 5) is 28.2. The van der Waals surface area contributed by atoms with Gasteiger partial charge in [0.2, 0.25) is 5.91 Å². The van der Waals surface area contributed by atoms with Gasteiger partial charge in [0.05, 0.1) is 0 Å². The molecule has 0 spiro atoms. The van der Waals surface area contributed by atoms with Crippen molar-refractivity contribution in [2.75, 3.05) is 26.7 Å². The van der Waals surface area contributed by atoms with Crippen LogP contribution in [0.15, 0.2) is 30.3 Å². The second-order valence-electron chi connectivity index (χ2n) is 6.75. The van der Waals surface area contributed by atoms with Crippen molar-refractivity contribution in [3.8, 4) is 0 Å². The molecule has 2 unspecified atom stereocenters. The van der Waals surface area contributed by atoms with Crippen LogP contribution in [0.3, 0.4) is 0 Å². The fraction of sp³-hybridized carbons (Fsp3) is 0.579. The van der Waals surface area contributed by atoms with Gasteiger partial charge in [-0.25, -0.2) is 4.79 Å². The van der Waals surface area contributed by atoms with E-state index in [9.17, 15) is 9.59 Å². The van der Waals surface area contributed by atoms with Crippen LogP contribution in [0.4, 0.5) is 4.79 Å². The first-order valence-electron chi connectivity index (χ1n) is 9.08. The molecule has 2 rings (SSSR count). The fourth-order valence-corrected chi connectivity index (χ4v) is 3.13. The van der Waals surface area contributed by atoms with Crippen molar-refractivity contribution in [3.05, 3.63) is 35.9 Å². The summed E-state index contributed by atoms with van der Waals surface area (Å²) in [6.45, 7) is 7.04. The topological polar surface area (TPSA) is 64.7 Å². The molecule has 25 heavy (non-hydrogen) atoms. The number of likely N-dealkylation sites (N-methyl/N-ethyl adjacent to an activating group) is 1. The number of amides is 3. The molecule has 0 aromatic heterocycles. The third-order valence-corrected chi connectivity index (χ3v) is 4.66. The predicted molar refractivity (Wildman–Crippen MR) is 99.2 cm³/mol. The van der Waals surface area contributed by atoms with Crippen LogP contribution in [0.5, 0.6) is 0 Å². The summed E-state index contributed by atoms with van der Waals surface area (Å²) >= 11 is 0. The summed E-state index contributed by atoms with van der Waals surface area (Å²) in [7, 11) is 1.74. The smallest absolute Gasteiger partial charge is 0.315 e. The standard InChI is InChI=1S/C19H30N4O2/c1-4-22(3)18(24)15(2)20-19(25)21-17-11-8-12-23(14-17)13-16-9-6-5-7-10-16/h5-7,9-10,15,17H,4,8,11-14H2,1-3H3,(H2,20,21,25). The summed E-state index contributed by atoms with van der Waals surface area (Å²) in [5.41, 5.74) is 1.29. The van der Waals surface area contributed by atoms with E-state index in [4.69, 9.17) is 0 Å². The van der Waals surface area contributed by atoms with Gasteiger partial charge in [0.1, 0.15) is 6.04 Å². The average molecular weight is 346 g/mol. The Labute approximate surface area is 150 Å². The molecule has 2 N–H and O–H groups in total. The lowest BCUT2D eigenvalue weighted by molar-refractivity contribution is -0.131. The Morgan fingerprint density at radius 3 is 2.72 bits per heavy atom. The largest absolute Gasteiger partial charge is 0.344 e. The molecule has 1 aliphatic heterocycles. The predicted octanol–water partition coefficient (Wildman–Crippen LogP) is 1.82. The Kier molecular flexibility index (Phi) is 7.25. The van der Waals surface area contributed by atoms with Crippen LogP contribution < -0.4 is 10.6 Å². The number of carbonyl (C=O) groups excluding carboxylic acids is 2. The highest BCUT2D eigenvalue weighted by Gasteiger charge is 2.23. The first-order valence-corrected chi connectivity index (χ1v) is 9.08. The number of rotatable bonds is 6. The maximum absolute atomic E-state index is 12.2. The Morgan fingerprint density at radius 2 is 2.04 bits per heavy atom. The molecule has 1 heterocycles. The highest BCUT2D eigenvalue weighted by Crippen LogP contribution is 2.13. The number of carbonyl (C=O) groups is 2. The SMILES string of the molecule is CCN(C)C(=O)C(C)NC(=O)NC1CCCN(Cc2ccccc2)C1. The fourth-order valence-electron chi connectivity index (χ4n) is 3.13. The van der Waals surface area contributed by atoms with Gasteiger partial charge < -0.3 is 15.5 Å². The van der Waals surface area contributed by atoms with Crippen LogP contribution in [-0.4, -0.2) is 60.5 Å². The monoisotopic (exact) mass is 346 g/mol. The van der Waals surface area contributed by atoms with Crippen LogP contribution in [0.1, 0.15) is 32.3 Å². The minimum Gasteiger partial charge on any atom is -0.344 e. The minimum absolute atomic E-state index is 0.0769. The summed E-state index contributed by atoms with van der Waals surface area (Å²) in [5.74, 6) is -0.0769. The third kappa shape index (κ3) is 6.05. The quantitative estimate of drug-likeness (QED) is 0.826. The summed E-state index contributed by atoms with van der Waals surface area (Å²) < 4.78 is 0. The number of likely N-dealkylation sites (tertiary alicyclic amines) is 1. The first-order chi connectivity index (χ1) is 12.0. The van der Waals surface area contributed by atoms with Gasteiger partial charge in [0.25, 0.3) is 0 Å². The normalized spacial score (nSPS) is 19.1. The van der Waals surface area contributed by atoms with Gasteiger partial charge in [-0.2, -0.15) is 0 Å². The molecular formula is C19H30N4O2. The zero-order valence-corrected chi connectivity index (χ0v) is 15.5. The van der Waals surface area contributed by atoms with Crippen molar-refractivity contribution in [1.29, 1.82) is 0 Å². The van der Waals surface area contributed by atoms with Crippen LogP contribution >= 0.6 is 0 Å². The number of piperidine rings is 1. The van der Waals surface area contributed by atoms with E-state index in [1.807, 2.05) is 25.1 Å². The first kappa shape index (κ1) is 19.2. The molecule has 1 aliphatic rings. The molecule has 0 radical (unpaired) electrons. The second kappa shape index (κ2) is 9.42.